The van der Waals surface area contributed by atoms with E-state index in [0.717, 1.165) is 10.9 Å². The molecule has 0 unspecified atom stereocenters. The number of aliphatic hydroxyl groups is 1. The quantitative estimate of drug-likeness (QED) is 0.564. The van der Waals surface area contributed by atoms with Gasteiger partial charge in [0, 0.05) is 24.7 Å². The Morgan fingerprint density at radius 3 is 2.80 bits per heavy atom. The van der Waals surface area contributed by atoms with Crippen LogP contribution in [0.3, 0.4) is 0 Å². The van der Waals surface area contributed by atoms with E-state index in [2.05, 4.69) is 15.6 Å². The summed E-state index contributed by atoms with van der Waals surface area (Å²) in [7, 11) is 0. The Morgan fingerprint density at radius 1 is 1.15 bits per heavy atom. The first-order valence-electron chi connectivity index (χ1n) is 6.26. The molecule has 2 aromatic rings. The summed E-state index contributed by atoms with van der Waals surface area (Å²) in [6, 6.07) is 8.88. The summed E-state index contributed by atoms with van der Waals surface area (Å²) in [6.45, 7) is 0.233. The summed E-state index contributed by atoms with van der Waals surface area (Å²) in [6.07, 6.45) is 2.08. The van der Waals surface area contributed by atoms with Crippen LogP contribution in [0, 0.1) is 0 Å². The van der Waals surface area contributed by atoms with Crippen molar-refractivity contribution >= 4 is 28.4 Å². The Bertz CT molecular complexity index is 623. The lowest BCUT2D eigenvalue weighted by Crippen LogP contribution is -2.36. The van der Waals surface area contributed by atoms with Crippen LogP contribution >= 0.6 is 0 Å². The van der Waals surface area contributed by atoms with Gasteiger partial charge in [-0.2, -0.15) is 0 Å². The summed E-state index contributed by atoms with van der Waals surface area (Å²) in [5.74, 6) is -1.46. The number of hydrogen-bond donors (Lipinski definition) is 3. The maximum Gasteiger partial charge on any atom is 0.313 e. The number of pyridine rings is 1. The van der Waals surface area contributed by atoms with Gasteiger partial charge in [0.25, 0.3) is 0 Å². The molecule has 0 radical (unpaired) electrons. The third kappa shape index (κ3) is 3.30. The molecule has 6 nitrogen and oxygen atoms in total. The Hall–Kier alpha value is -2.47. The summed E-state index contributed by atoms with van der Waals surface area (Å²) in [5.41, 5.74) is 1.28. The molecule has 0 fully saturated rings. The van der Waals surface area contributed by atoms with Gasteiger partial charge in [0.1, 0.15) is 0 Å². The second kappa shape index (κ2) is 6.63. The van der Waals surface area contributed by atoms with Crippen molar-refractivity contribution in [2.45, 2.75) is 6.42 Å². The van der Waals surface area contributed by atoms with E-state index in [0.29, 0.717) is 12.1 Å². The van der Waals surface area contributed by atoms with Crippen molar-refractivity contribution in [3.63, 3.8) is 0 Å². The van der Waals surface area contributed by atoms with Crippen molar-refractivity contribution in [3.05, 3.63) is 36.5 Å². The van der Waals surface area contributed by atoms with Crippen LogP contribution in [0.15, 0.2) is 36.5 Å². The molecule has 3 N–H and O–H groups in total. The van der Waals surface area contributed by atoms with Gasteiger partial charge < -0.3 is 15.7 Å². The van der Waals surface area contributed by atoms with E-state index in [1.807, 2.05) is 12.1 Å². The van der Waals surface area contributed by atoms with Gasteiger partial charge in [0.2, 0.25) is 0 Å². The van der Waals surface area contributed by atoms with Gasteiger partial charge in [-0.1, -0.05) is 6.07 Å². The Kier molecular flexibility index (Phi) is 4.62. The Labute approximate surface area is 115 Å². The Balaban J connectivity index is 2.08. The van der Waals surface area contributed by atoms with Crippen LogP contribution in [0.2, 0.25) is 0 Å². The smallest absolute Gasteiger partial charge is 0.313 e. The number of benzene rings is 1. The minimum Gasteiger partial charge on any atom is -0.396 e. The monoisotopic (exact) mass is 273 g/mol. The predicted octanol–water partition coefficient (Wildman–Crippen LogP) is 0.672. The number of hydrogen-bond acceptors (Lipinski definition) is 4. The average Bonchev–Trinajstić information content (AvgIpc) is 2.47. The zero-order chi connectivity index (χ0) is 14.4. The van der Waals surface area contributed by atoms with Crippen molar-refractivity contribution in [2.75, 3.05) is 18.5 Å². The molecule has 0 spiro atoms. The molecule has 20 heavy (non-hydrogen) atoms. The number of nitrogens with zero attached hydrogens (tertiary/aromatic N) is 1. The van der Waals surface area contributed by atoms with E-state index in [9.17, 15) is 9.59 Å². The topological polar surface area (TPSA) is 91.3 Å². The van der Waals surface area contributed by atoms with E-state index >= 15 is 0 Å². The fourth-order valence-electron chi connectivity index (χ4n) is 1.75. The minimum atomic E-state index is -0.737. The number of fused-ring (bicyclic) bond motifs is 1. The van der Waals surface area contributed by atoms with Crippen LogP contribution in [-0.4, -0.2) is 35.1 Å². The van der Waals surface area contributed by atoms with Gasteiger partial charge in [-0.25, -0.2) is 0 Å². The second-order valence-electron chi connectivity index (χ2n) is 4.16. The molecule has 2 rings (SSSR count). The minimum absolute atomic E-state index is 0.0309. The molecule has 0 atom stereocenters. The molecule has 1 aromatic heterocycles. The van der Waals surface area contributed by atoms with Crippen molar-refractivity contribution in [1.82, 2.24) is 10.3 Å². The van der Waals surface area contributed by atoms with E-state index in [1.165, 1.54) is 0 Å². The second-order valence-corrected chi connectivity index (χ2v) is 4.16. The zero-order valence-corrected chi connectivity index (χ0v) is 10.8. The predicted molar refractivity (Wildman–Crippen MR) is 75.1 cm³/mol. The van der Waals surface area contributed by atoms with Gasteiger partial charge in [-0.15, -0.1) is 0 Å². The van der Waals surface area contributed by atoms with E-state index in [-0.39, 0.29) is 13.2 Å². The molecule has 104 valence electrons. The van der Waals surface area contributed by atoms with Crippen molar-refractivity contribution in [2.24, 2.45) is 0 Å². The van der Waals surface area contributed by atoms with Crippen molar-refractivity contribution in [1.29, 1.82) is 0 Å². The van der Waals surface area contributed by atoms with Gasteiger partial charge in [0.15, 0.2) is 0 Å². The molecule has 0 bridgehead atoms. The number of carbonyl (C=O) groups excluding carboxylic acids is 2. The maximum absolute atomic E-state index is 11.7. The van der Waals surface area contributed by atoms with E-state index in [4.69, 9.17) is 5.11 Å². The van der Waals surface area contributed by atoms with E-state index in [1.54, 1.807) is 24.4 Å². The van der Waals surface area contributed by atoms with E-state index < -0.39 is 11.8 Å². The van der Waals surface area contributed by atoms with Crippen LogP contribution in [0.25, 0.3) is 10.9 Å². The van der Waals surface area contributed by atoms with Gasteiger partial charge in [-0.05, 0) is 30.7 Å². The molecule has 0 aliphatic rings. The van der Waals surface area contributed by atoms with Crippen molar-refractivity contribution < 1.29 is 14.7 Å². The lowest BCUT2D eigenvalue weighted by Gasteiger charge is -2.08. The molecule has 6 heteroatoms. The van der Waals surface area contributed by atoms with Gasteiger partial charge >= 0.3 is 11.8 Å². The fourth-order valence-corrected chi connectivity index (χ4v) is 1.75. The number of aromatic nitrogens is 1. The highest BCUT2D eigenvalue weighted by atomic mass is 16.3. The average molecular weight is 273 g/mol. The third-order valence-corrected chi connectivity index (χ3v) is 2.72. The standard InChI is InChI=1S/C14H15N3O3/c18-9-3-8-16-13(19)14(20)17-12-6-1-5-11-10(12)4-2-7-15-11/h1-2,4-7,18H,3,8-9H2,(H,16,19)(H,17,20). The molecule has 1 heterocycles. The number of anilines is 1. The largest absolute Gasteiger partial charge is 0.396 e. The molecule has 0 saturated heterocycles. The first-order chi connectivity index (χ1) is 9.72. The fraction of sp³-hybridized carbons (Fsp3) is 0.214. The summed E-state index contributed by atoms with van der Waals surface area (Å²) in [5, 5.41) is 14.4. The van der Waals surface area contributed by atoms with Crippen LogP contribution in [0.5, 0.6) is 0 Å². The summed E-state index contributed by atoms with van der Waals surface area (Å²) in [4.78, 5) is 27.5. The summed E-state index contributed by atoms with van der Waals surface area (Å²) >= 11 is 0. The highest BCUT2D eigenvalue weighted by Gasteiger charge is 2.14. The Morgan fingerprint density at radius 2 is 2.00 bits per heavy atom. The normalized spacial score (nSPS) is 10.2. The first-order valence-corrected chi connectivity index (χ1v) is 6.26. The SMILES string of the molecule is O=C(NCCCO)C(=O)Nc1cccc2ncccc12. The highest BCUT2D eigenvalue weighted by Crippen LogP contribution is 2.20. The maximum atomic E-state index is 11.7. The molecule has 0 aliphatic carbocycles. The first kappa shape index (κ1) is 14.0. The lowest BCUT2D eigenvalue weighted by atomic mass is 10.2. The highest BCUT2D eigenvalue weighted by molar-refractivity contribution is 6.40. The lowest BCUT2D eigenvalue weighted by molar-refractivity contribution is -0.136. The molecule has 2 amide bonds. The number of carbonyl (C=O) groups is 2. The van der Waals surface area contributed by atoms with Crippen LogP contribution in [0.4, 0.5) is 5.69 Å². The van der Waals surface area contributed by atoms with Crippen LogP contribution in [-0.2, 0) is 9.59 Å². The molecular weight excluding hydrogens is 258 g/mol. The van der Waals surface area contributed by atoms with Crippen LogP contribution in [0.1, 0.15) is 6.42 Å². The molecule has 1 aromatic carbocycles. The number of aliphatic hydroxyl groups excluding tert-OH is 1. The number of nitrogens with one attached hydrogen (secondary N) is 2. The van der Waals surface area contributed by atoms with Crippen LogP contribution < -0.4 is 10.6 Å². The number of rotatable bonds is 4. The zero-order valence-electron chi connectivity index (χ0n) is 10.8. The third-order valence-electron chi connectivity index (χ3n) is 2.72. The van der Waals surface area contributed by atoms with Gasteiger partial charge in [-0.3, -0.25) is 14.6 Å². The molecule has 0 saturated carbocycles. The van der Waals surface area contributed by atoms with Gasteiger partial charge in [0.05, 0.1) is 11.2 Å². The summed E-state index contributed by atoms with van der Waals surface area (Å²) < 4.78 is 0. The molecular formula is C14H15N3O3. The van der Waals surface area contributed by atoms with Crippen molar-refractivity contribution in [3.8, 4) is 0 Å². The number of amides is 2. The molecule has 0 aliphatic heterocycles.